The van der Waals surface area contributed by atoms with Crippen molar-refractivity contribution in [1.82, 2.24) is 4.98 Å². The Labute approximate surface area is 212 Å². The SMILES string of the molecule is O=C(Nc1ccc2c(c1)OCCN2CCc1ccccn1)c1ccccc1-c1ccc(C(F)(F)F)cc1. The van der Waals surface area contributed by atoms with Crippen molar-refractivity contribution in [2.75, 3.05) is 29.9 Å². The second-order valence-electron chi connectivity index (χ2n) is 8.66. The number of fused-ring (bicyclic) bond motifs is 1. The number of alkyl halides is 3. The minimum absolute atomic E-state index is 0.359. The number of amides is 1. The second-order valence-corrected chi connectivity index (χ2v) is 8.66. The van der Waals surface area contributed by atoms with E-state index in [1.807, 2.05) is 30.3 Å². The second kappa shape index (κ2) is 10.3. The smallest absolute Gasteiger partial charge is 0.416 e. The molecule has 188 valence electrons. The number of anilines is 2. The number of benzene rings is 3. The zero-order valence-electron chi connectivity index (χ0n) is 19.8. The average molecular weight is 504 g/mol. The van der Waals surface area contributed by atoms with Crippen LogP contribution in [0.4, 0.5) is 24.5 Å². The highest BCUT2D eigenvalue weighted by Gasteiger charge is 2.30. The van der Waals surface area contributed by atoms with E-state index < -0.39 is 11.7 Å². The molecule has 1 amide bonds. The number of nitrogens with zero attached hydrogens (tertiary/aromatic N) is 2. The van der Waals surface area contributed by atoms with Crippen molar-refractivity contribution >= 4 is 17.3 Å². The molecule has 37 heavy (non-hydrogen) atoms. The minimum Gasteiger partial charge on any atom is -0.489 e. The Bertz CT molecular complexity index is 1390. The van der Waals surface area contributed by atoms with Crippen LogP contribution in [0.25, 0.3) is 11.1 Å². The van der Waals surface area contributed by atoms with Crippen LogP contribution in [-0.4, -0.2) is 30.6 Å². The Balaban J connectivity index is 1.32. The first kappa shape index (κ1) is 24.4. The Morgan fingerprint density at radius 3 is 2.51 bits per heavy atom. The number of hydrogen-bond donors (Lipinski definition) is 1. The molecule has 0 atom stereocenters. The summed E-state index contributed by atoms with van der Waals surface area (Å²) in [7, 11) is 0. The summed E-state index contributed by atoms with van der Waals surface area (Å²) in [6.07, 6.45) is -1.83. The highest BCUT2D eigenvalue weighted by molar-refractivity contribution is 6.08. The van der Waals surface area contributed by atoms with Crippen molar-refractivity contribution in [3.05, 3.63) is 108 Å². The van der Waals surface area contributed by atoms with E-state index in [0.29, 0.717) is 34.7 Å². The molecule has 0 bridgehead atoms. The Morgan fingerprint density at radius 1 is 0.973 bits per heavy atom. The van der Waals surface area contributed by atoms with Crippen LogP contribution in [0.1, 0.15) is 21.6 Å². The summed E-state index contributed by atoms with van der Waals surface area (Å²) in [5.41, 5.74) is 3.23. The van der Waals surface area contributed by atoms with E-state index >= 15 is 0 Å². The summed E-state index contributed by atoms with van der Waals surface area (Å²) in [4.78, 5) is 19.8. The summed E-state index contributed by atoms with van der Waals surface area (Å²) in [6.45, 7) is 2.08. The van der Waals surface area contributed by atoms with E-state index in [-0.39, 0.29) is 5.91 Å². The van der Waals surface area contributed by atoms with Gasteiger partial charge in [0.2, 0.25) is 0 Å². The number of carbonyl (C=O) groups is 1. The van der Waals surface area contributed by atoms with Gasteiger partial charge in [0, 0.05) is 42.2 Å². The molecule has 0 spiro atoms. The number of halogens is 3. The summed E-state index contributed by atoms with van der Waals surface area (Å²) < 4.78 is 44.7. The van der Waals surface area contributed by atoms with Gasteiger partial charge in [0.1, 0.15) is 12.4 Å². The molecule has 0 radical (unpaired) electrons. The molecule has 0 unspecified atom stereocenters. The molecule has 0 saturated heterocycles. The molecule has 1 N–H and O–H groups in total. The predicted octanol–water partition coefficient (Wildman–Crippen LogP) is 6.46. The topological polar surface area (TPSA) is 54.5 Å². The number of pyridine rings is 1. The predicted molar refractivity (Wildman–Crippen MR) is 137 cm³/mol. The van der Waals surface area contributed by atoms with Gasteiger partial charge in [0.05, 0.1) is 17.8 Å². The molecule has 0 fully saturated rings. The first-order valence-corrected chi connectivity index (χ1v) is 11.9. The van der Waals surface area contributed by atoms with Gasteiger partial charge in [-0.3, -0.25) is 9.78 Å². The van der Waals surface area contributed by atoms with Crippen LogP contribution in [0.3, 0.4) is 0 Å². The maximum atomic E-state index is 13.2. The lowest BCUT2D eigenvalue weighted by Gasteiger charge is -2.31. The minimum atomic E-state index is -4.42. The number of rotatable bonds is 6. The van der Waals surface area contributed by atoms with Gasteiger partial charge in [-0.2, -0.15) is 13.2 Å². The number of hydrogen-bond acceptors (Lipinski definition) is 4. The first-order chi connectivity index (χ1) is 17.9. The number of nitrogens with one attached hydrogen (secondary N) is 1. The van der Waals surface area contributed by atoms with Crippen molar-refractivity contribution in [3.8, 4) is 16.9 Å². The van der Waals surface area contributed by atoms with Gasteiger partial charge in [-0.25, -0.2) is 0 Å². The van der Waals surface area contributed by atoms with Gasteiger partial charge < -0.3 is 15.0 Å². The molecule has 1 aliphatic heterocycles. The van der Waals surface area contributed by atoms with E-state index in [0.717, 1.165) is 43.0 Å². The van der Waals surface area contributed by atoms with Gasteiger partial charge >= 0.3 is 6.18 Å². The van der Waals surface area contributed by atoms with E-state index in [1.54, 1.807) is 36.5 Å². The standard InChI is InChI=1S/C29H24F3N3O2/c30-29(31,32)21-10-8-20(9-11-21)24-6-1-2-7-25(24)28(36)34-23-12-13-26-27(19-23)37-18-17-35(26)16-14-22-5-3-4-15-33-22/h1-13,15,19H,14,16-18H2,(H,34,36). The third-order valence-electron chi connectivity index (χ3n) is 6.24. The largest absolute Gasteiger partial charge is 0.489 e. The van der Waals surface area contributed by atoms with E-state index in [1.165, 1.54) is 12.1 Å². The van der Waals surface area contributed by atoms with Gasteiger partial charge in [-0.15, -0.1) is 0 Å². The molecule has 4 aromatic rings. The Hall–Kier alpha value is -4.33. The summed E-state index contributed by atoms with van der Waals surface area (Å²) >= 11 is 0. The van der Waals surface area contributed by atoms with Crippen LogP contribution in [0.2, 0.25) is 0 Å². The number of carbonyl (C=O) groups excluding carboxylic acids is 1. The quantitative estimate of drug-likeness (QED) is 0.328. The monoisotopic (exact) mass is 503 g/mol. The van der Waals surface area contributed by atoms with Crippen molar-refractivity contribution in [2.24, 2.45) is 0 Å². The molecule has 1 aromatic heterocycles. The third-order valence-corrected chi connectivity index (χ3v) is 6.24. The fourth-order valence-electron chi connectivity index (χ4n) is 4.35. The Kier molecular flexibility index (Phi) is 6.81. The van der Waals surface area contributed by atoms with Gasteiger partial charge in [-0.05, 0) is 53.6 Å². The van der Waals surface area contributed by atoms with Crippen molar-refractivity contribution in [1.29, 1.82) is 0 Å². The first-order valence-electron chi connectivity index (χ1n) is 11.9. The molecule has 2 heterocycles. The highest BCUT2D eigenvalue weighted by atomic mass is 19.4. The fraction of sp³-hybridized carbons (Fsp3) is 0.172. The van der Waals surface area contributed by atoms with E-state index in [9.17, 15) is 18.0 Å². The zero-order valence-corrected chi connectivity index (χ0v) is 19.8. The fourth-order valence-corrected chi connectivity index (χ4v) is 4.35. The third kappa shape index (κ3) is 5.58. The summed E-state index contributed by atoms with van der Waals surface area (Å²) in [6, 6.07) is 23.0. The normalized spacial score (nSPS) is 13.0. The van der Waals surface area contributed by atoms with Crippen molar-refractivity contribution in [2.45, 2.75) is 12.6 Å². The molecular formula is C29H24F3N3O2. The van der Waals surface area contributed by atoms with Gasteiger partial charge in [0.25, 0.3) is 5.91 Å². The zero-order chi connectivity index (χ0) is 25.8. The van der Waals surface area contributed by atoms with E-state index in [4.69, 9.17) is 4.74 Å². The van der Waals surface area contributed by atoms with Crippen molar-refractivity contribution < 1.29 is 22.7 Å². The van der Waals surface area contributed by atoms with Crippen LogP contribution in [-0.2, 0) is 12.6 Å². The molecule has 3 aromatic carbocycles. The molecule has 5 rings (SSSR count). The van der Waals surface area contributed by atoms with Crippen LogP contribution >= 0.6 is 0 Å². The molecule has 0 saturated carbocycles. The van der Waals surface area contributed by atoms with Crippen LogP contribution < -0.4 is 15.0 Å². The maximum Gasteiger partial charge on any atom is 0.416 e. The Morgan fingerprint density at radius 2 is 1.76 bits per heavy atom. The summed E-state index contributed by atoms with van der Waals surface area (Å²) in [5.74, 6) is 0.319. The molecule has 1 aliphatic rings. The molecule has 0 aliphatic carbocycles. The van der Waals surface area contributed by atoms with Crippen LogP contribution in [0, 0.1) is 0 Å². The van der Waals surface area contributed by atoms with Gasteiger partial charge in [0.15, 0.2) is 0 Å². The maximum absolute atomic E-state index is 13.2. The highest BCUT2D eigenvalue weighted by Crippen LogP contribution is 2.35. The van der Waals surface area contributed by atoms with Gasteiger partial charge in [-0.1, -0.05) is 36.4 Å². The van der Waals surface area contributed by atoms with Crippen molar-refractivity contribution in [3.63, 3.8) is 0 Å². The number of ether oxygens (including phenoxy) is 1. The lowest BCUT2D eigenvalue weighted by atomic mass is 9.98. The lowest BCUT2D eigenvalue weighted by molar-refractivity contribution is -0.137. The van der Waals surface area contributed by atoms with Crippen LogP contribution in [0.5, 0.6) is 5.75 Å². The summed E-state index contributed by atoms with van der Waals surface area (Å²) in [5, 5.41) is 2.90. The molecular weight excluding hydrogens is 479 g/mol. The average Bonchev–Trinajstić information content (AvgIpc) is 2.92. The van der Waals surface area contributed by atoms with Crippen LogP contribution in [0.15, 0.2) is 91.1 Å². The number of aromatic nitrogens is 1. The lowest BCUT2D eigenvalue weighted by Crippen LogP contribution is -2.34. The molecule has 5 nitrogen and oxygen atoms in total. The van der Waals surface area contributed by atoms with E-state index in [2.05, 4.69) is 15.2 Å². The molecule has 8 heteroatoms.